The third-order valence-corrected chi connectivity index (χ3v) is 2.27. The second-order valence-electron chi connectivity index (χ2n) is 3.29. The van der Waals surface area contributed by atoms with Gasteiger partial charge in [-0.2, -0.15) is 0 Å². The Morgan fingerprint density at radius 1 is 1.19 bits per heavy atom. The van der Waals surface area contributed by atoms with Gasteiger partial charge in [-0.05, 0) is 24.6 Å². The van der Waals surface area contributed by atoms with Gasteiger partial charge >= 0.3 is 0 Å². The Morgan fingerprint density at radius 3 is 2.69 bits per heavy atom. The molecule has 16 heavy (non-hydrogen) atoms. The largest absolute Gasteiger partial charge is 0.436 e. The van der Waals surface area contributed by atoms with Crippen LogP contribution in [0.3, 0.4) is 0 Å². The second kappa shape index (κ2) is 4.49. The van der Waals surface area contributed by atoms with Crippen molar-refractivity contribution in [1.29, 1.82) is 0 Å². The first-order chi connectivity index (χ1) is 7.66. The second-order valence-corrected chi connectivity index (χ2v) is 3.67. The zero-order valence-corrected chi connectivity index (χ0v) is 9.33. The molecule has 4 heteroatoms. The minimum atomic E-state index is -0.385. The molecule has 0 bridgehead atoms. The summed E-state index contributed by atoms with van der Waals surface area (Å²) in [5.41, 5.74) is 0.527. The number of halogens is 2. The van der Waals surface area contributed by atoms with E-state index >= 15 is 0 Å². The van der Waals surface area contributed by atoms with E-state index in [9.17, 15) is 4.39 Å². The van der Waals surface area contributed by atoms with E-state index in [0.29, 0.717) is 10.7 Å². The molecule has 0 spiro atoms. The maximum absolute atomic E-state index is 13.6. The fourth-order valence-electron chi connectivity index (χ4n) is 1.26. The number of aryl methyl sites for hydroxylation is 1. The predicted molar refractivity (Wildman–Crippen MR) is 60.5 cm³/mol. The van der Waals surface area contributed by atoms with Crippen LogP contribution < -0.4 is 4.74 Å². The summed E-state index contributed by atoms with van der Waals surface area (Å²) < 4.78 is 18.9. The van der Waals surface area contributed by atoms with Gasteiger partial charge in [-0.3, -0.25) is 0 Å². The summed E-state index contributed by atoms with van der Waals surface area (Å²) >= 11 is 5.70. The molecule has 2 aromatic rings. The standard InChI is InChI=1S/C12H9ClFNO/c1-8-4-2-5-9(12(8)14)16-11-7-3-6-10(13)15-11/h2-7H,1H3. The molecule has 0 aliphatic heterocycles. The monoisotopic (exact) mass is 237 g/mol. The number of rotatable bonds is 2. The van der Waals surface area contributed by atoms with Crippen LogP contribution in [0.25, 0.3) is 0 Å². The Balaban J connectivity index is 2.31. The average molecular weight is 238 g/mol. The smallest absolute Gasteiger partial charge is 0.220 e. The molecular formula is C12H9ClFNO. The van der Waals surface area contributed by atoms with Gasteiger partial charge in [0, 0.05) is 6.07 Å². The van der Waals surface area contributed by atoms with Crippen LogP contribution in [0.1, 0.15) is 5.56 Å². The van der Waals surface area contributed by atoms with Crippen LogP contribution in [-0.4, -0.2) is 4.98 Å². The Bertz CT molecular complexity index is 516. The van der Waals surface area contributed by atoms with Gasteiger partial charge in [-0.25, -0.2) is 9.37 Å². The first-order valence-electron chi connectivity index (χ1n) is 4.72. The molecule has 0 saturated carbocycles. The zero-order valence-electron chi connectivity index (χ0n) is 8.58. The summed E-state index contributed by atoms with van der Waals surface area (Å²) in [5, 5.41) is 0.311. The highest BCUT2D eigenvalue weighted by atomic mass is 35.5. The fourth-order valence-corrected chi connectivity index (χ4v) is 1.41. The molecule has 82 valence electrons. The molecule has 0 aliphatic carbocycles. The Morgan fingerprint density at radius 2 is 1.94 bits per heavy atom. The third-order valence-electron chi connectivity index (χ3n) is 2.06. The molecule has 0 amide bonds. The van der Waals surface area contributed by atoms with Crippen LogP contribution in [0.5, 0.6) is 11.6 Å². The highest BCUT2D eigenvalue weighted by molar-refractivity contribution is 6.29. The van der Waals surface area contributed by atoms with Crippen LogP contribution >= 0.6 is 11.6 Å². The van der Waals surface area contributed by atoms with Crippen molar-refractivity contribution in [3.05, 3.63) is 52.9 Å². The van der Waals surface area contributed by atoms with Gasteiger partial charge in [0.25, 0.3) is 0 Å². The summed E-state index contributed by atoms with van der Waals surface area (Å²) in [7, 11) is 0. The van der Waals surface area contributed by atoms with E-state index < -0.39 is 0 Å². The third kappa shape index (κ3) is 2.31. The normalized spacial score (nSPS) is 10.2. The van der Waals surface area contributed by atoms with E-state index in [-0.39, 0.29) is 17.4 Å². The average Bonchev–Trinajstić information content (AvgIpc) is 2.25. The van der Waals surface area contributed by atoms with Crippen molar-refractivity contribution in [2.24, 2.45) is 0 Å². The van der Waals surface area contributed by atoms with E-state index in [1.165, 1.54) is 0 Å². The van der Waals surface area contributed by atoms with Gasteiger partial charge in [0.1, 0.15) is 5.15 Å². The minimum Gasteiger partial charge on any atom is -0.436 e. The van der Waals surface area contributed by atoms with Crippen molar-refractivity contribution in [3.8, 4) is 11.6 Å². The molecule has 0 aliphatic rings. The summed E-state index contributed by atoms with van der Waals surface area (Å²) in [4.78, 5) is 3.92. The lowest BCUT2D eigenvalue weighted by molar-refractivity contribution is 0.425. The van der Waals surface area contributed by atoms with Crippen molar-refractivity contribution < 1.29 is 9.13 Å². The summed E-state index contributed by atoms with van der Waals surface area (Å²) in [6, 6.07) is 9.88. The van der Waals surface area contributed by atoms with Crippen molar-refractivity contribution in [2.45, 2.75) is 6.92 Å². The van der Waals surface area contributed by atoms with Crippen LogP contribution in [0, 0.1) is 12.7 Å². The number of hydrogen-bond donors (Lipinski definition) is 0. The lowest BCUT2D eigenvalue weighted by Gasteiger charge is -2.06. The van der Waals surface area contributed by atoms with Crippen LogP contribution in [0.2, 0.25) is 5.15 Å². The Kier molecular flexibility index (Phi) is 3.06. The molecule has 0 radical (unpaired) electrons. The number of pyridine rings is 1. The van der Waals surface area contributed by atoms with Crippen molar-refractivity contribution in [2.75, 3.05) is 0 Å². The Hall–Kier alpha value is -1.61. The van der Waals surface area contributed by atoms with E-state index in [1.54, 1.807) is 43.3 Å². The first kappa shape index (κ1) is 10.9. The van der Waals surface area contributed by atoms with Crippen LogP contribution in [0.15, 0.2) is 36.4 Å². The summed E-state index contributed by atoms with van der Waals surface area (Å²) in [6.45, 7) is 1.67. The highest BCUT2D eigenvalue weighted by Gasteiger charge is 2.07. The molecule has 1 aromatic carbocycles. The molecule has 0 atom stereocenters. The number of nitrogens with zero attached hydrogens (tertiary/aromatic N) is 1. The van der Waals surface area contributed by atoms with Crippen molar-refractivity contribution >= 4 is 11.6 Å². The lowest BCUT2D eigenvalue weighted by Crippen LogP contribution is -1.92. The predicted octanol–water partition coefficient (Wildman–Crippen LogP) is 3.97. The zero-order chi connectivity index (χ0) is 11.5. The number of hydrogen-bond acceptors (Lipinski definition) is 2. The molecule has 1 heterocycles. The first-order valence-corrected chi connectivity index (χ1v) is 5.10. The topological polar surface area (TPSA) is 22.1 Å². The van der Waals surface area contributed by atoms with Gasteiger partial charge in [-0.1, -0.05) is 29.8 Å². The van der Waals surface area contributed by atoms with Crippen molar-refractivity contribution in [3.63, 3.8) is 0 Å². The molecule has 1 aromatic heterocycles. The molecule has 0 saturated heterocycles. The van der Waals surface area contributed by atoms with Gasteiger partial charge in [-0.15, -0.1) is 0 Å². The van der Waals surface area contributed by atoms with E-state index in [0.717, 1.165) is 0 Å². The number of aromatic nitrogens is 1. The highest BCUT2D eigenvalue weighted by Crippen LogP contribution is 2.25. The molecule has 0 N–H and O–H groups in total. The quantitative estimate of drug-likeness (QED) is 0.738. The molecule has 0 fully saturated rings. The Labute approximate surface area is 97.7 Å². The van der Waals surface area contributed by atoms with E-state index in [1.807, 2.05) is 0 Å². The van der Waals surface area contributed by atoms with Crippen molar-refractivity contribution in [1.82, 2.24) is 4.98 Å². The molecular weight excluding hydrogens is 229 g/mol. The van der Waals surface area contributed by atoms with Crippen LogP contribution in [0.4, 0.5) is 4.39 Å². The lowest BCUT2D eigenvalue weighted by atomic mass is 10.2. The van der Waals surface area contributed by atoms with Gasteiger partial charge in [0.05, 0.1) is 0 Å². The number of benzene rings is 1. The number of ether oxygens (including phenoxy) is 1. The maximum Gasteiger partial charge on any atom is 0.220 e. The summed E-state index contributed by atoms with van der Waals surface area (Å²) in [5.74, 6) is 0.0380. The molecule has 2 nitrogen and oxygen atoms in total. The summed E-state index contributed by atoms with van der Waals surface area (Å²) in [6.07, 6.45) is 0. The van der Waals surface area contributed by atoms with Gasteiger partial charge in [0.2, 0.25) is 5.88 Å². The maximum atomic E-state index is 13.6. The fraction of sp³-hybridized carbons (Fsp3) is 0.0833. The molecule has 2 rings (SSSR count). The molecule has 0 unspecified atom stereocenters. The van der Waals surface area contributed by atoms with Gasteiger partial charge in [0.15, 0.2) is 11.6 Å². The van der Waals surface area contributed by atoms with Gasteiger partial charge < -0.3 is 4.74 Å². The van der Waals surface area contributed by atoms with E-state index in [2.05, 4.69) is 4.98 Å². The minimum absolute atomic E-state index is 0.148. The van der Waals surface area contributed by atoms with Crippen LogP contribution in [-0.2, 0) is 0 Å². The SMILES string of the molecule is Cc1cccc(Oc2cccc(Cl)n2)c1F. The van der Waals surface area contributed by atoms with E-state index in [4.69, 9.17) is 16.3 Å².